The molecule has 0 aromatic heterocycles. The van der Waals surface area contributed by atoms with Crippen LogP contribution in [0.1, 0.15) is 46.5 Å². The number of allylic oxidation sites excluding steroid dienone is 1. The van der Waals surface area contributed by atoms with Gasteiger partial charge in [0.2, 0.25) is 0 Å². The monoisotopic (exact) mass is 222 g/mol. The number of hydrogen-bond acceptors (Lipinski definition) is 2. The fraction of sp³-hybridized carbons (Fsp3) is 0.786. The Morgan fingerprint density at radius 3 is 2.81 bits per heavy atom. The number of rotatable bonds is 1. The van der Waals surface area contributed by atoms with Gasteiger partial charge in [-0.05, 0) is 45.4 Å². The van der Waals surface area contributed by atoms with E-state index in [9.17, 15) is 9.90 Å². The van der Waals surface area contributed by atoms with Crippen LogP contribution in [-0.2, 0) is 4.79 Å². The van der Waals surface area contributed by atoms with Crippen molar-refractivity contribution in [3.63, 3.8) is 0 Å². The Bertz CT molecular complexity index is 332. The van der Waals surface area contributed by atoms with Gasteiger partial charge in [-0.15, -0.1) is 0 Å². The van der Waals surface area contributed by atoms with Crippen molar-refractivity contribution in [1.82, 2.24) is 0 Å². The zero-order chi connectivity index (χ0) is 11.9. The summed E-state index contributed by atoms with van der Waals surface area (Å²) in [5.41, 5.74) is 1.19. The van der Waals surface area contributed by atoms with Crippen molar-refractivity contribution in [2.45, 2.75) is 52.6 Å². The Hall–Kier alpha value is -0.630. The van der Waals surface area contributed by atoms with E-state index in [1.54, 1.807) is 6.92 Å². The molecule has 1 fully saturated rings. The Labute approximate surface area is 97.7 Å². The van der Waals surface area contributed by atoms with Crippen LogP contribution in [0.4, 0.5) is 0 Å². The highest BCUT2D eigenvalue weighted by Gasteiger charge is 2.50. The molecule has 0 aromatic carbocycles. The maximum Gasteiger partial charge on any atom is 0.133 e. The summed E-state index contributed by atoms with van der Waals surface area (Å²) in [5.74, 6) is 0.855. The fourth-order valence-electron chi connectivity index (χ4n) is 3.62. The molecule has 1 saturated carbocycles. The van der Waals surface area contributed by atoms with Crippen LogP contribution in [0.3, 0.4) is 0 Å². The van der Waals surface area contributed by atoms with Gasteiger partial charge in [0.25, 0.3) is 0 Å². The highest BCUT2D eigenvalue weighted by molar-refractivity contribution is 5.79. The molecule has 0 heterocycles. The lowest BCUT2D eigenvalue weighted by Crippen LogP contribution is -2.36. The third kappa shape index (κ3) is 1.73. The highest BCUT2D eigenvalue weighted by Crippen LogP contribution is 2.53. The second kappa shape index (κ2) is 3.99. The summed E-state index contributed by atoms with van der Waals surface area (Å²) >= 11 is 0. The normalized spacial score (nSPS) is 43.5. The molecule has 90 valence electrons. The molecule has 0 unspecified atom stereocenters. The average Bonchev–Trinajstić information content (AvgIpc) is 2.49. The molecule has 2 aliphatic carbocycles. The summed E-state index contributed by atoms with van der Waals surface area (Å²) in [6.07, 6.45) is 5.65. The van der Waals surface area contributed by atoms with E-state index in [2.05, 4.69) is 13.8 Å². The van der Waals surface area contributed by atoms with Gasteiger partial charge < -0.3 is 5.11 Å². The smallest absolute Gasteiger partial charge is 0.133 e. The van der Waals surface area contributed by atoms with Crippen LogP contribution in [0, 0.1) is 17.3 Å². The minimum Gasteiger partial charge on any atom is -0.388 e. The van der Waals surface area contributed by atoms with Crippen LogP contribution in [-0.4, -0.2) is 17.0 Å². The van der Waals surface area contributed by atoms with E-state index in [1.165, 1.54) is 5.57 Å². The maximum atomic E-state index is 11.6. The van der Waals surface area contributed by atoms with Crippen LogP contribution in [0.2, 0.25) is 0 Å². The standard InChI is InChI=1S/C14H22O2/c1-9-4-5-12-11(10(2)15)6-7-14(12,3)13(16)8-9/h8,11-13,16H,4-7H2,1-3H3/t11-,12+,13+,14+/m1/s1. The van der Waals surface area contributed by atoms with Gasteiger partial charge in [0.15, 0.2) is 0 Å². The Morgan fingerprint density at radius 2 is 2.19 bits per heavy atom. The van der Waals surface area contributed by atoms with Crippen molar-refractivity contribution in [3.8, 4) is 0 Å². The van der Waals surface area contributed by atoms with Crippen LogP contribution < -0.4 is 0 Å². The van der Waals surface area contributed by atoms with Crippen molar-refractivity contribution in [2.75, 3.05) is 0 Å². The van der Waals surface area contributed by atoms with E-state index in [0.717, 1.165) is 25.7 Å². The molecule has 2 nitrogen and oxygen atoms in total. The number of fused-ring (bicyclic) bond motifs is 1. The summed E-state index contributed by atoms with van der Waals surface area (Å²) in [7, 11) is 0. The summed E-state index contributed by atoms with van der Waals surface area (Å²) < 4.78 is 0. The Kier molecular flexibility index (Phi) is 2.95. The van der Waals surface area contributed by atoms with Crippen molar-refractivity contribution in [2.24, 2.45) is 17.3 Å². The largest absolute Gasteiger partial charge is 0.388 e. The van der Waals surface area contributed by atoms with Gasteiger partial charge in [-0.1, -0.05) is 18.6 Å². The van der Waals surface area contributed by atoms with Gasteiger partial charge in [0.05, 0.1) is 6.10 Å². The Balaban J connectivity index is 2.30. The zero-order valence-corrected chi connectivity index (χ0v) is 10.5. The number of aliphatic hydroxyl groups is 1. The molecule has 0 bridgehead atoms. The van der Waals surface area contributed by atoms with Gasteiger partial charge in [0, 0.05) is 11.3 Å². The lowest BCUT2D eigenvalue weighted by atomic mass is 9.71. The molecule has 4 atom stereocenters. The summed E-state index contributed by atoms with van der Waals surface area (Å²) in [4.78, 5) is 11.6. The third-order valence-corrected chi connectivity index (χ3v) is 4.82. The summed E-state index contributed by atoms with van der Waals surface area (Å²) in [5, 5.41) is 10.3. The first-order valence-electron chi connectivity index (χ1n) is 6.31. The van der Waals surface area contributed by atoms with Crippen molar-refractivity contribution >= 4 is 5.78 Å². The zero-order valence-electron chi connectivity index (χ0n) is 10.5. The SMILES string of the molecule is CC(=O)[C@H]1CC[C@]2(C)[C@@H](O)C=C(C)CC[C@@H]12. The fourth-order valence-corrected chi connectivity index (χ4v) is 3.62. The lowest BCUT2D eigenvalue weighted by Gasteiger charge is -2.35. The maximum absolute atomic E-state index is 11.6. The summed E-state index contributed by atoms with van der Waals surface area (Å²) in [6, 6.07) is 0. The lowest BCUT2D eigenvalue weighted by molar-refractivity contribution is -0.122. The third-order valence-electron chi connectivity index (χ3n) is 4.82. The quantitative estimate of drug-likeness (QED) is 0.693. The first-order valence-corrected chi connectivity index (χ1v) is 6.31. The van der Waals surface area contributed by atoms with E-state index in [-0.39, 0.29) is 17.4 Å². The predicted octanol–water partition coefficient (Wildman–Crippen LogP) is 2.71. The van der Waals surface area contributed by atoms with Crippen LogP contribution in [0.25, 0.3) is 0 Å². The topological polar surface area (TPSA) is 37.3 Å². The van der Waals surface area contributed by atoms with Gasteiger partial charge in [0.1, 0.15) is 5.78 Å². The molecule has 2 aliphatic rings. The van der Waals surface area contributed by atoms with Gasteiger partial charge in [-0.3, -0.25) is 4.79 Å². The molecule has 1 N–H and O–H groups in total. The van der Waals surface area contributed by atoms with Crippen molar-refractivity contribution < 1.29 is 9.90 Å². The van der Waals surface area contributed by atoms with Gasteiger partial charge >= 0.3 is 0 Å². The van der Waals surface area contributed by atoms with E-state index in [1.807, 2.05) is 6.08 Å². The first kappa shape index (κ1) is 11.8. The molecule has 0 spiro atoms. The molecule has 2 rings (SSSR count). The number of Topliss-reactive ketones (excluding diaryl/α,β-unsaturated/α-hetero) is 1. The minimum atomic E-state index is -0.371. The summed E-state index contributed by atoms with van der Waals surface area (Å²) in [6.45, 7) is 5.94. The second-order valence-electron chi connectivity index (χ2n) is 5.86. The molecule has 0 amide bonds. The number of aliphatic hydroxyl groups excluding tert-OH is 1. The molecule has 2 heteroatoms. The molecular weight excluding hydrogens is 200 g/mol. The number of carbonyl (C=O) groups is 1. The van der Waals surface area contributed by atoms with E-state index in [0.29, 0.717) is 11.7 Å². The molecule has 0 aromatic rings. The first-order chi connectivity index (χ1) is 7.45. The second-order valence-corrected chi connectivity index (χ2v) is 5.86. The van der Waals surface area contributed by atoms with Crippen LogP contribution >= 0.6 is 0 Å². The Morgan fingerprint density at radius 1 is 1.50 bits per heavy atom. The molecule has 16 heavy (non-hydrogen) atoms. The molecular formula is C14H22O2. The average molecular weight is 222 g/mol. The minimum absolute atomic E-state index is 0.0753. The molecule has 0 aliphatic heterocycles. The van der Waals surface area contributed by atoms with Crippen LogP contribution in [0.15, 0.2) is 11.6 Å². The van der Waals surface area contributed by atoms with Crippen molar-refractivity contribution in [1.29, 1.82) is 0 Å². The van der Waals surface area contributed by atoms with E-state index in [4.69, 9.17) is 0 Å². The van der Waals surface area contributed by atoms with E-state index >= 15 is 0 Å². The van der Waals surface area contributed by atoms with Crippen molar-refractivity contribution in [3.05, 3.63) is 11.6 Å². The van der Waals surface area contributed by atoms with Gasteiger partial charge in [-0.2, -0.15) is 0 Å². The molecule has 0 radical (unpaired) electrons. The number of ketones is 1. The number of hydrogen-bond donors (Lipinski definition) is 1. The highest BCUT2D eigenvalue weighted by atomic mass is 16.3. The predicted molar refractivity (Wildman–Crippen MR) is 64.0 cm³/mol. The van der Waals surface area contributed by atoms with Crippen LogP contribution in [0.5, 0.6) is 0 Å². The van der Waals surface area contributed by atoms with Gasteiger partial charge in [-0.25, -0.2) is 0 Å². The molecule has 0 saturated heterocycles. The number of carbonyl (C=O) groups excluding carboxylic acids is 1. The van der Waals surface area contributed by atoms with E-state index < -0.39 is 0 Å².